The topological polar surface area (TPSA) is 35.2 Å². The number of hydrogen-bond donors (Lipinski definition) is 1. The number of ether oxygens (including phenoxy) is 1. The number of thioether (sulfide) groups is 1. The molecule has 0 saturated heterocycles. The van der Waals surface area contributed by atoms with E-state index >= 15 is 0 Å². The van der Waals surface area contributed by atoms with Crippen LogP contribution in [0.15, 0.2) is 41.3 Å². The van der Waals surface area contributed by atoms with E-state index in [0.29, 0.717) is 12.3 Å². The van der Waals surface area contributed by atoms with Gasteiger partial charge in [-0.3, -0.25) is 0 Å². The number of anilines is 1. The molecule has 0 amide bonds. The average Bonchev–Trinajstić information content (AvgIpc) is 2.46. The first-order valence-corrected chi connectivity index (χ1v) is 7.92. The van der Waals surface area contributed by atoms with Gasteiger partial charge in [0.2, 0.25) is 0 Å². The van der Waals surface area contributed by atoms with Crippen molar-refractivity contribution in [3.8, 4) is 5.75 Å². The van der Waals surface area contributed by atoms with E-state index in [0.717, 1.165) is 22.8 Å². The van der Waals surface area contributed by atoms with Crippen molar-refractivity contribution >= 4 is 17.4 Å². The van der Waals surface area contributed by atoms with Gasteiger partial charge in [0.1, 0.15) is 11.6 Å². The lowest BCUT2D eigenvalue weighted by molar-refractivity contribution is 0.318. The maximum absolute atomic E-state index is 13.1. The smallest absolute Gasteiger partial charge is 0.124 e. The van der Waals surface area contributed by atoms with Gasteiger partial charge in [-0.25, -0.2) is 4.39 Å². The highest BCUT2D eigenvalue weighted by Crippen LogP contribution is 2.26. The maximum atomic E-state index is 13.1. The fourth-order valence-electron chi connectivity index (χ4n) is 1.87. The van der Waals surface area contributed by atoms with Gasteiger partial charge in [0.15, 0.2) is 0 Å². The Kier molecular flexibility index (Phi) is 5.51. The van der Waals surface area contributed by atoms with Crippen molar-refractivity contribution in [2.45, 2.75) is 25.2 Å². The first-order valence-electron chi connectivity index (χ1n) is 6.94. The maximum Gasteiger partial charge on any atom is 0.124 e. The van der Waals surface area contributed by atoms with E-state index in [4.69, 9.17) is 10.5 Å². The molecule has 2 rings (SSSR count). The quantitative estimate of drug-likeness (QED) is 0.482. The molecule has 21 heavy (non-hydrogen) atoms. The summed E-state index contributed by atoms with van der Waals surface area (Å²) in [5.41, 5.74) is 8.92. The zero-order valence-electron chi connectivity index (χ0n) is 12.4. The molecule has 112 valence electrons. The average molecular weight is 305 g/mol. The van der Waals surface area contributed by atoms with Gasteiger partial charge in [-0.1, -0.05) is 6.07 Å². The van der Waals surface area contributed by atoms with Crippen molar-refractivity contribution in [1.82, 2.24) is 0 Å². The molecule has 0 radical (unpaired) electrons. The standard InChI is InChI=1S/C17H20FNOS/c1-12-4-6-15(10-13(12)2)20-8-3-9-21-17-11-14(18)5-7-16(17)19/h4-7,10-11H,3,8-9,19H2,1-2H3. The number of benzene rings is 2. The predicted octanol–water partition coefficient (Wildman–Crippen LogP) is 4.59. The lowest BCUT2D eigenvalue weighted by atomic mass is 10.1. The number of nitrogen functional groups attached to an aromatic ring is 1. The van der Waals surface area contributed by atoms with Crippen LogP contribution in [0.1, 0.15) is 17.5 Å². The van der Waals surface area contributed by atoms with E-state index in [2.05, 4.69) is 19.9 Å². The molecule has 0 fully saturated rings. The van der Waals surface area contributed by atoms with Crippen molar-refractivity contribution in [3.63, 3.8) is 0 Å². The summed E-state index contributed by atoms with van der Waals surface area (Å²) in [7, 11) is 0. The van der Waals surface area contributed by atoms with Gasteiger partial charge in [0.25, 0.3) is 0 Å². The van der Waals surface area contributed by atoms with Gasteiger partial charge >= 0.3 is 0 Å². The second kappa shape index (κ2) is 7.36. The molecular formula is C17H20FNOS. The van der Waals surface area contributed by atoms with Gasteiger partial charge in [0.05, 0.1) is 6.61 Å². The minimum atomic E-state index is -0.252. The van der Waals surface area contributed by atoms with E-state index < -0.39 is 0 Å². The van der Waals surface area contributed by atoms with Gasteiger partial charge in [-0.15, -0.1) is 11.8 Å². The second-order valence-corrected chi connectivity index (χ2v) is 6.12. The van der Waals surface area contributed by atoms with Crippen LogP contribution < -0.4 is 10.5 Å². The third-order valence-electron chi connectivity index (χ3n) is 3.27. The van der Waals surface area contributed by atoms with Crippen molar-refractivity contribution in [1.29, 1.82) is 0 Å². The zero-order chi connectivity index (χ0) is 15.2. The number of rotatable bonds is 6. The first kappa shape index (κ1) is 15.7. The van der Waals surface area contributed by atoms with Crippen LogP contribution in [0.5, 0.6) is 5.75 Å². The van der Waals surface area contributed by atoms with E-state index in [1.165, 1.54) is 23.3 Å². The molecule has 0 unspecified atom stereocenters. The summed E-state index contributed by atoms with van der Waals surface area (Å²) in [6.07, 6.45) is 0.882. The zero-order valence-corrected chi connectivity index (χ0v) is 13.2. The molecule has 0 aromatic heterocycles. The number of aryl methyl sites for hydroxylation is 2. The van der Waals surface area contributed by atoms with E-state index in [1.54, 1.807) is 17.8 Å². The van der Waals surface area contributed by atoms with Crippen LogP contribution in [0, 0.1) is 19.7 Å². The summed E-state index contributed by atoms with van der Waals surface area (Å²) in [6, 6.07) is 10.6. The van der Waals surface area contributed by atoms with Crippen molar-refractivity contribution < 1.29 is 9.13 Å². The Balaban J connectivity index is 1.75. The monoisotopic (exact) mass is 305 g/mol. The molecule has 0 atom stereocenters. The summed E-state index contributed by atoms with van der Waals surface area (Å²) in [5.74, 6) is 1.49. The first-order chi connectivity index (χ1) is 10.1. The van der Waals surface area contributed by atoms with E-state index in [1.807, 2.05) is 12.1 Å². The molecule has 4 heteroatoms. The molecule has 2 nitrogen and oxygen atoms in total. The molecule has 2 aromatic rings. The highest BCUT2D eigenvalue weighted by Gasteiger charge is 2.02. The highest BCUT2D eigenvalue weighted by molar-refractivity contribution is 7.99. The fourth-order valence-corrected chi connectivity index (χ4v) is 2.78. The molecular weight excluding hydrogens is 285 g/mol. The SMILES string of the molecule is Cc1ccc(OCCCSc2cc(F)ccc2N)cc1C. The summed E-state index contributed by atoms with van der Waals surface area (Å²) < 4.78 is 18.8. The Morgan fingerprint density at radius 3 is 2.67 bits per heavy atom. The van der Waals surface area contributed by atoms with E-state index in [-0.39, 0.29) is 5.82 Å². The van der Waals surface area contributed by atoms with Gasteiger partial charge in [-0.05, 0) is 61.7 Å². The van der Waals surface area contributed by atoms with Gasteiger partial charge in [-0.2, -0.15) is 0 Å². The molecule has 2 N–H and O–H groups in total. The molecule has 2 aromatic carbocycles. The normalized spacial score (nSPS) is 10.6. The minimum Gasteiger partial charge on any atom is -0.494 e. The Labute approximate surface area is 129 Å². The van der Waals surface area contributed by atoms with Crippen LogP contribution in [0.3, 0.4) is 0 Å². The lowest BCUT2D eigenvalue weighted by Gasteiger charge is -2.09. The van der Waals surface area contributed by atoms with Gasteiger partial charge in [0, 0.05) is 16.3 Å². The molecule has 0 aliphatic rings. The Bertz CT molecular complexity index is 616. The van der Waals surface area contributed by atoms with Crippen LogP contribution >= 0.6 is 11.8 Å². The third kappa shape index (κ3) is 4.67. The van der Waals surface area contributed by atoms with Crippen LogP contribution in [-0.2, 0) is 0 Å². The van der Waals surface area contributed by atoms with E-state index in [9.17, 15) is 4.39 Å². The molecule has 0 spiro atoms. The second-order valence-electron chi connectivity index (χ2n) is 4.98. The summed E-state index contributed by atoms with van der Waals surface area (Å²) in [6.45, 7) is 4.80. The van der Waals surface area contributed by atoms with Gasteiger partial charge < -0.3 is 10.5 Å². The molecule has 0 aliphatic heterocycles. The van der Waals surface area contributed by atoms with Crippen LogP contribution in [0.25, 0.3) is 0 Å². The summed E-state index contributed by atoms with van der Waals surface area (Å²) >= 11 is 1.56. The fraction of sp³-hybridized carbons (Fsp3) is 0.294. The molecule has 0 saturated carbocycles. The number of halogens is 1. The van der Waals surface area contributed by atoms with Crippen molar-refractivity contribution in [2.24, 2.45) is 0 Å². The lowest BCUT2D eigenvalue weighted by Crippen LogP contribution is -1.99. The van der Waals surface area contributed by atoms with Crippen LogP contribution in [0.2, 0.25) is 0 Å². The summed E-state index contributed by atoms with van der Waals surface area (Å²) in [4.78, 5) is 0.793. The number of nitrogens with two attached hydrogens (primary N) is 1. The molecule has 0 bridgehead atoms. The molecule has 0 aliphatic carbocycles. The van der Waals surface area contributed by atoms with Crippen LogP contribution in [0.4, 0.5) is 10.1 Å². The minimum absolute atomic E-state index is 0.252. The largest absolute Gasteiger partial charge is 0.494 e. The Morgan fingerprint density at radius 2 is 1.90 bits per heavy atom. The van der Waals surface area contributed by atoms with Crippen molar-refractivity contribution in [3.05, 3.63) is 53.3 Å². The molecule has 0 heterocycles. The van der Waals surface area contributed by atoms with Crippen LogP contribution in [-0.4, -0.2) is 12.4 Å². The Morgan fingerprint density at radius 1 is 1.10 bits per heavy atom. The summed E-state index contributed by atoms with van der Waals surface area (Å²) in [5, 5.41) is 0. The van der Waals surface area contributed by atoms with Crippen molar-refractivity contribution in [2.75, 3.05) is 18.1 Å². The highest BCUT2D eigenvalue weighted by atomic mass is 32.2. The Hall–Kier alpha value is -1.68. The number of hydrogen-bond acceptors (Lipinski definition) is 3. The predicted molar refractivity (Wildman–Crippen MR) is 87.6 cm³/mol. The third-order valence-corrected chi connectivity index (χ3v) is 4.43.